The minimum atomic E-state index is 0.305. The van der Waals surface area contributed by atoms with Gasteiger partial charge >= 0.3 is 0 Å². The van der Waals surface area contributed by atoms with Gasteiger partial charge in [-0.05, 0) is 25.3 Å². The fourth-order valence-electron chi connectivity index (χ4n) is 1.78. The van der Waals surface area contributed by atoms with Gasteiger partial charge in [-0.3, -0.25) is 0 Å². The topological polar surface area (TPSA) is 35.0 Å². The van der Waals surface area contributed by atoms with E-state index >= 15 is 0 Å². The van der Waals surface area contributed by atoms with Crippen LogP contribution in [-0.2, 0) is 0 Å². The predicted octanol–water partition coefficient (Wildman–Crippen LogP) is 3.21. The smallest absolute Gasteiger partial charge is 0.241 e. The molecule has 0 atom stereocenters. The van der Waals surface area contributed by atoms with Crippen LogP contribution in [0.4, 0.5) is 0 Å². The first-order chi connectivity index (χ1) is 7.84. The lowest BCUT2D eigenvalue weighted by Crippen LogP contribution is -2.25. The molecule has 16 heavy (non-hydrogen) atoms. The molecule has 0 unspecified atom stereocenters. The second kappa shape index (κ2) is 3.91. The molecule has 82 valence electrons. The van der Waals surface area contributed by atoms with Gasteiger partial charge < -0.3 is 4.74 Å². The summed E-state index contributed by atoms with van der Waals surface area (Å²) in [7, 11) is 0. The quantitative estimate of drug-likeness (QED) is 0.800. The Bertz CT molecular complexity index is 525. The van der Waals surface area contributed by atoms with Crippen LogP contribution in [0.2, 0.25) is 5.15 Å². The van der Waals surface area contributed by atoms with Crippen molar-refractivity contribution >= 4 is 22.4 Å². The molecule has 0 radical (unpaired) electrons. The summed E-state index contributed by atoms with van der Waals surface area (Å²) in [6.45, 7) is 0. The van der Waals surface area contributed by atoms with Crippen molar-refractivity contribution in [3.63, 3.8) is 0 Å². The monoisotopic (exact) mass is 234 g/mol. The third kappa shape index (κ3) is 1.61. The number of aromatic nitrogens is 2. The van der Waals surface area contributed by atoms with Crippen molar-refractivity contribution in [2.24, 2.45) is 0 Å². The highest BCUT2D eigenvalue weighted by Crippen LogP contribution is 2.30. The third-order valence-electron chi connectivity index (χ3n) is 2.94. The van der Waals surface area contributed by atoms with Gasteiger partial charge in [0.1, 0.15) is 6.10 Å². The highest BCUT2D eigenvalue weighted by atomic mass is 35.5. The number of ether oxygens (including phenoxy) is 1. The van der Waals surface area contributed by atoms with Gasteiger partial charge in [0.2, 0.25) is 5.88 Å². The molecule has 3 rings (SSSR count). The fourth-order valence-corrected chi connectivity index (χ4v) is 1.98. The molecule has 0 bridgehead atoms. The van der Waals surface area contributed by atoms with Crippen LogP contribution in [0, 0.1) is 0 Å². The zero-order valence-corrected chi connectivity index (χ0v) is 9.44. The van der Waals surface area contributed by atoms with E-state index in [9.17, 15) is 0 Å². The van der Waals surface area contributed by atoms with E-state index < -0.39 is 0 Å². The van der Waals surface area contributed by atoms with Crippen LogP contribution in [0.1, 0.15) is 19.3 Å². The Hall–Kier alpha value is -1.35. The fraction of sp³-hybridized carbons (Fsp3) is 0.333. The van der Waals surface area contributed by atoms with Crippen LogP contribution in [0.25, 0.3) is 10.8 Å². The Kier molecular flexibility index (Phi) is 2.40. The van der Waals surface area contributed by atoms with Crippen molar-refractivity contribution in [3.8, 4) is 5.88 Å². The zero-order valence-electron chi connectivity index (χ0n) is 8.69. The molecular formula is C12H11ClN2O. The van der Waals surface area contributed by atoms with E-state index in [0.29, 0.717) is 17.1 Å². The highest BCUT2D eigenvalue weighted by molar-refractivity contribution is 6.34. The molecule has 1 aliphatic carbocycles. The molecule has 2 aromatic rings. The van der Waals surface area contributed by atoms with Gasteiger partial charge in [0, 0.05) is 10.8 Å². The molecule has 0 amide bonds. The SMILES string of the molecule is Clc1nnc(OC2CCC2)c2ccccc12. The molecule has 3 nitrogen and oxygen atoms in total. The van der Waals surface area contributed by atoms with E-state index in [-0.39, 0.29) is 0 Å². The molecule has 1 aromatic carbocycles. The Labute approximate surface area is 98.4 Å². The lowest BCUT2D eigenvalue weighted by Gasteiger charge is -2.25. The summed E-state index contributed by atoms with van der Waals surface area (Å²) in [5.41, 5.74) is 0. The first kappa shape index (κ1) is 9.85. The molecule has 4 heteroatoms. The Balaban J connectivity index is 2.06. The van der Waals surface area contributed by atoms with Crippen molar-refractivity contribution < 1.29 is 4.74 Å². The van der Waals surface area contributed by atoms with E-state index in [1.807, 2.05) is 24.3 Å². The third-order valence-corrected chi connectivity index (χ3v) is 3.22. The summed E-state index contributed by atoms with van der Waals surface area (Å²) in [6.07, 6.45) is 3.76. The summed E-state index contributed by atoms with van der Waals surface area (Å²) >= 11 is 5.98. The van der Waals surface area contributed by atoms with E-state index in [2.05, 4.69) is 10.2 Å². The van der Waals surface area contributed by atoms with Gasteiger partial charge in [0.15, 0.2) is 5.15 Å². The number of halogens is 1. The second-order valence-electron chi connectivity index (χ2n) is 4.01. The summed E-state index contributed by atoms with van der Waals surface area (Å²) in [4.78, 5) is 0. The molecule has 0 N–H and O–H groups in total. The van der Waals surface area contributed by atoms with Crippen molar-refractivity contribution in [2.45, 2.75) is 25.4 Å². The van der Waals surface area contributed by atoms with E-state index in [1.165, 1.54) is 6.42 Å². The number of rotatable bonds is 2. The number of hydrogen-bond acceptors (Lipinski definition) is 3. The predicted molar refractivity (Wildman–Crippen MR) is 62.8 cm³/mol. The first-order valence-corrected chi connectivity index (χ1v) is 5.80. The zero-order chi connectivity index (χ0) is 11.0. The molecule has 0 spiro atoms. The van der Waals surface area contributed by atoms with Crippen molar-refractivity contribution in [3.05, 3.63) is 29.4 Å². The van der Waals surface area contributed by atoms with Gasteiger partial charge in [-0.25, -0.2) is 0 Å². The molecular weight excluding hydrogens is 224 g/mol. The Morgan fingerprint density at radius 2 is 1.88 bits per heavy atom. The van der Waals surface area contributed by atoms with Gasteiger partial charge in [-0.1, -0.05) is 29.8 Å². The van der Waals surface area contributed by atoms with E-state index in [1.54, 1.807) is 0 Å². The van der Waals surface area contributed by atoms with Crippen LogP contribution < -0.4 is 4.74 Å². The maximum Gasteiger partial charge on any atom is 0.241 e. The summed E-state index contributed by atoms with van der Waals surface area (Å²) in [5, 5.41) is 10.2. The molecule has 1 aliphatic rings. The summed E-state index contributed by atoms with van der Waals surface area (Å²) in [6, 6.07) is 7.78. The van der Waals surface area contributed by atoms with Crippen molar-refractivity contribution in [1.82, 2.24) is 10.2 Å². The number of fused-ring (bicyclic) bond motifs is 1. The standard InChI is InChI=1S/C12H11ClN2O/c13-11-9-6-1-2-7-10(9)12(15-14-11)16-8-4-3-5-8/h1-2,6-8H,3-5H2. The van der Waals surface area contributed by atoms with Crippen LogP contribution in [0.5, 0.6) is 5.88 Å². The minimum absolute atomic E-state index is 0.305. The van der Waals surface area contributed by atoms with Crippen LogP contribution in [0.15, 0.2) is 24.3 Å². The lowest BCUT2D eigenvalue weighted by atomic mass is 9.96. The molecule has 1 saturated carbocycles. The summed E-state index contributed by atoms with van der Waals surface area (Å²) < 4.78 is 5.79. The van der Waals surface area contributed by atoms with Crippen LogP contribution in [-0.4, -0.2) is 16.3 Å². The van der Waals surface area contributed by atoms with Crippen LogP contribution in [0.3, 0.4) is 0 Å². The average Bonchev–Trinajstić information content (AvgIpc) is 2.26. The number of hydrogen-bond donors (Lipinski definition) is 0. The molecule has 0 saturated heterocycles. The summed E-state index contributed by atoms with van der Waals surface area (Å²) in [5.74, 6) is 0.602. The maximum absolute atomic E-state index is 5.98. The van der Waals surface area contributed by atoms with Crippen molar-refractivity contribution in [1.29, 1.82) is 0 Å². The number of benzene rings is 1. The first-order valence-electron chi connectivity index (χ1n) is 5.42. The maximum atomic E-state index is 5.98. The van der Waals surface area contributed by atoms with Gasteiger partial charge in [-0.15, -0.1) is 10.2 Å². The van der Waals surface area contributed by atoms with Crippen LogP contribution >= 0.6 is 11.6 Å². The van der Waals surface area contributed by atoms with Gasteiger partial charge in [0.05, 0.1) is 0 Å². The van der Waals surface area contributed by atoms with Gasteiger partial charge in [-0.2, -0.15) is 0 Å². The number of nitrogens with zero attached hydrogens (tertiary/aromatic N) is 2. The van der Waals surface area contributed by atoms with Crippen molar-refractivity contribution in [2.75, 3.05) is 0 Å². The Morgan fingerprint density at radius 1 is 1.12 bits per heavy atom. The molecule has 0 aliphatic heterocycles. The largest absolute Gasteiger partial charge is 0.473 e. The average molecular weight is 235 g/mol. The minimum Gasteiger partial charge on any atom is -0.473 e. The lowest BCUT2D eigenvalue weighted by molar-refractivity contribution is 0.115. The normalized spacial score (nSPS) is 16.1. The van der Waals surface area contributed by atoms with E-state index in [0.717, 1.165) is 23.6 Å². The second-order valence-corrected chi connectivity index (χ2v) is 4.37. The molecule has 1 heterocycles. The molecule has 1 fully saturated rings. The van der Waals surface area contributed by atoms with Gasteiger partial charge in [0.25, 0.3) is 0 Å². The Morgan fingerprint density at radius 3 is 2.56 bits per heavy atom. The molecule has 1 aromatic heterocycles. The highest BCUT2D eigenvalue weighted by Gasteiger charge is 2.21. The van der Waals surface area contributed by atoms with E-state index in [4.69, 9.17) is 16.3 Å².